The van der Waals surface area contributed by atoms with Crippen molar-refractivity contribution in [3.63, 3.8) is 0 Å². The minimum Gasteiger partial charge on any atom is -0.475 e. The molecule has 1 N–H and O–H groups in total. The number of aromatic nitrogens is 7. The van der Waals surface area contributed by atoms with Crippen molar-refractivity contribution in [1.29, 1.82) is 0 Å². The maximum Gasteiger partial charge on any atom is 0.382 e. The SMILES string of the molecule is O=C(O)c1nnnn1[N+](=O)[O-].[N-]=[N+]=Nn1ccnn1. The van der Waals surface area contributed by atoms with E-state index in [2.05, 4.69) is 36.0 Å². The van der Waals surface area contributed by atoms with E-state index in [1.165, 1.54) is 12.4 Å². The summed E-state index contributed by atoms with van der Waals surface area (Å²) in [7, 11) is 0. The maximum atomic E-state index is 10.1. The van der Waals surface area contributed by atoms with Crippen LogP contribution in [0.25, 0.3) is 10.4 Å². The molecule has 0 fully saturated rings. The highest BCUT2D eigenvalue weighted by Gasteiger charge is 2.21. The van der Waals surface area contributed by atoms with Gasteiger partial charge in [-0.2, -0.15) is 4.91 Å². The van der Waals surface area contributed by atoms with Crippen molar-refractivity contribution in [2.75, 3.05) is 0 Å². The van der Waals surface area contributed by atoms with Crippen LogP contribution >= 0.6 is 0 Å². The van der Waals surface area contributed by atoms with Crippen LogP contribution in [0.2, 0.25) is 0 Å². The maximum absolute atomic E-state index is 10.1. The summed E-state index contributed by atoms with van der Waals surface area (Å²) < 4.78 is 0. The summed E-state index contributed by atoms with van der Waals surface area (Å²) in [5.74, 6) is -2.37. The van der Waals surface area contributed by atoms with Gasteiger partial charge in [0.05, 0.1) is 16.0 Å². The Labute approximate surface area is 101 Å². The van der Waals surface area contributed by atoms with Crippen LogP contribution in [0.5, 0.6) is 0 Å². The molecule has 15 nitrogen and oxygen atoms in total. The Morgan fingerprint density at radius 2 is 2.32 bits per heavy atom. The lowest BCUT2D eigenvalue weighted by atomic mass is 10.6. The zero-order chi connectivity index (χ0) is 14.3. The van der Waals surface area contributed by atoms with Gasteiger partial charge in [0, 0.05) is 10.4 Å². The highest BCUT2D eigenvalue weighted by molar-refractivity contribution is 5.82. The number of nitrogens with zero attached hydrogens (tertiary/aromatic N) is 11. The van der Waals surface area contributed by atoms with Gasteiger partial charge in [-0.3, -0.25) is 0 Å². The predicted octanol–water partition coefficient (Wildman–Crippen LogP) is -1.24. The smallest absolute Gasteiger partial charge is 0.382 e. The van der Waals surface area contributed by atoms with Gasteiger partial charge in [0.15, 0.2) is 0 Å². The minimum absolute atomic E-state index is 0.0255. The molecular formula is C4H3N11O4. The Morgan fingerprint density at radius 1 is 1.58 bits per heavy atom. The van der Waals surface area contributed by atoms with Gasteiger partial charge in [-0.1, -0.05) is 9.89 Å². The lowest BCUT2D eigenvalue weighted by Gasteiger charge is -1.89. The number of aromatic carboxylic acids is 1. The minimum atomic E-state index is -1.55. The van der Waals surface area contributed by atoms with Crippen LogP contribution in [0, 0.1) is 10.1 Å². The first-order chi connectivity index (χ1) is 9.06. The van der Waals surface area contributed by atoms with Crippen LogP contribution in [0.3, 0.4) is 0 Å². The summed E-state index contributed by atoms with van der Waals surface area (Å²) in [6.45, 7) is 0. The molecule has 2 rings (SSSR count). The van der Waals surface area contributed by atoms with E-state index >= 15 is 0 Å². The van der Waals surface area contributed by atoms with Gasteiger partial charge in [0.2, 0.25) is 5.21 Å². The van der Waals surface area contributed by atoms with Crippen molar-refractivity contribution in [3.8, 4) is 0 Å². The van der Waals surface area contributed by atoms with Crippen LogP contribution < -0.4 is 0 Å². The predicted molar refractivity (Wildman–Crippen MR) is 51.7 cm³/mol. The van der Waals surface area contributed by atoms with Crippen LogP contribution in [0.1, 0.15) is 10.6 Å². The van der Waals surface area contributed by atoms with Crippen molar-refractivity contribution in [3.05, 3.63) is 38.8 Å². The second kappa shape index (κ2) is 6.21. The van der Waals surface area contributed by atoms with Gasteiger partial charge < -0.3 is 15.2 Å². The van der Waals surface area contributed by atoms with Crippen molar-refractivity contribution >= 4 is 5.97 Å². The van der Waals surface area contributed by atoms with Crippen molar-refractivity contribution < 1.29 is 14.9 Å². The fourth-order valence-corrected chi connectivity index (χ4v) is 0.712. The lowest BCUT2D eigenvalue weighted by molar-refractivity contribution is -0.554. The van der Waals surface area contributed by atoms with Crippen molar-refractivity contribution in [2.45, 2.75) is 0 Å². The summed E-state index contributed by atoms with van der Waals surface area (Å²) in [5.41, 5.74) is 7.81. The average molecular weight is 269 g/mol. The van der Waals surface area contributed by atoms with Crippen LogP contribution in [-0.2, 0) is 0 Å². The number of carbonyl (C=O) groups is 1. The normalized spacial score (nSPS) is 8.84. The molecule has 0 aromatic carbocycles. The van der Waals surface area contributed by atoms with E-state index in [0.29, 0.717) is 0 Å². The molecule has 2 aromatic heterocycles. The van der Waals surface area contributed by atoms with Gasteiger partial charge in [0.1, 0.15) is 11.4 Å². The molecule has 0 amide bonds. The molecule has 2 aromatic rings. The van der Waals surface area contributed by atoms with Crippen molar-refractivity contribution in [1.82, 2.24) is 35.4 Å². The van der Waals surface area contributed by atoms with E-state index in [9.17, 15) is 14.9 Å². The van der Waals surface area contributed by atoms with Crippen LogP contribution in [0.15, 0.2) is 17.6 Å². The third kappa shape index (κ3) is 3.71. The zero-order valence-electron chi connectivity index (χ0n) is 8.75. The number of hydrogen-bond acceptors (Lipinski definition) is 9. The van der Waals surface area contributed by atoms with Gasteiger partial charge >= 0.3 is 11.8 Å². The standard InChI is InChI=1S/C2H2N6.C2HN5O4/c3-5-7-8-2-1-4-6-8;8-2(9)1-3-4-5-6(1)7(10)11/h1-2H;(H,8,9). The monoisotopic (exact) mass is 269 g/mol. The Bertz CT molecular complexity index is 580. The quantitative estimate of drug-likeness (QED) is 0.232. The number of carboxylic acids is 1. The molecule has 2 heterocycles. The molecule has 98 valence electrons. The number of tetrazole rings is 1. The van der Waals surface area contributed by atoms with E-state index in [4.69, 9.17) is 10.6 Å². The Kier molecular flexibility index (Phi) is 4.39. The van der Waals surface area contributed by atoms with E-state index in [0.717, 1.165) is 4.79 Å². The largest absolute Gasteiger partial charge is 0.475 e. The van der Waals surface area contributed by atoms with Gasteiger partial charge in [-0.15, -0.1) is 10.6 Å². The highest BCUT2D eigenvalue weighted by Crippen LogP contribution is 1.89. The van der Waals surface area contributed by atoms with Gasteiger partial charge in [0.25, 0.3) is 0 Å². The molecule has 0 aliphatic heterocycles. The number of azide groups is 1. The number of carboxylic acid groups (broad SMARTS) is 1. The lowest BCUT2D eigenvalue weighted by Crippen LogP contribution is -2.17. The number of nitro groups is 1. The molecule has 0 radical (unpaired) electrons. The Balaban J connectivity index is 0.000000200. The van der Waals surface area contributed by atoms with Crippen LogP contribution in [-0.4, -0.2) is 51.5 Å². The molecule has 0 saturated heterocycles. The summed E-state index contributed by atoms with van der Waals surface area (Å²) in [6.07, 6.45) is 2.87. The molecule has 15 heteroatoms. The first kappa shape index (κ1) is 13.5. The summed E-state index contributed by atoms with van der Waals surface area (Å²) >= 11 is 0. The molecule has 0 unspecified atom stereocenters. The number of hydrogen-bond donors (Lipinski definition) is 1. The van der Waals surface area contributed by atoms with Gasteiger partial charge in [-0.05, 0) is 0 Å². The van der Waals surface area contributed by atoms with E-state index < -0.39 is 16.8 Å². The molecule has 0 aliphatic rings. The molecule has 0 spiro atoms. The molecule has 0 atom stereocenters. The second-order valence-electron chi connectivity index (χ2n) is 2.44. The number of rotatable bonds is 3. The first-order valence-corrected chi connectivity index (χ1v) is 4.14. The molecule has 19 heavy (non-hydrogen) atoms. The van der Waals surface area contributed by atoms with E-state index in [-0.39, 0.29) is 4.79 Å². The van der Waals surface area contributed by atoms with E-state index in [1.807, 2.05) is 0 Å². The fourth-order valence-electron chi connectivity index (χ4n) is 0.712. The summed E-state index contributed by atoms with van der Waals surface area (Å²) in [4.78, 5) is 23.5. The fraction of sp³-hybridized carbons (Fsp3) is 0. The molecule has 0 saturated carbocycles. The van der Waals surface area contributed by atoms with Crippen LogP contribution in [0.4, 0.5) is 0 Å². The Hall–Kier alpha value is -3.61. The molecular weight excluding hydrogens is 266 g/mol. The zero-order valence-corrected chi connectivity index (χ0v) is 8.75. The average Bonchev–Trinajstić information content (AvgIpc) is 3.00. The second-order valence-corrected chi connectivity index (χ2v) is 2.44. The first-order valence-electron chi connectivity index (χ1n) is 4.14. The highest BCUT2D eigenvalue weighted by atomic mass is 16.7. The van der Waals surface area contributed by atoms with Crippen molar-refractivity contribution in [2.24, 2.45) is 5.22 Å². The molecule has 0 aliphatic carbocycles. The van der Waals surface area contributed by atoms with Gasteiger partial charge in [-0.25, -0.2) is 4.79 Å². The third-order valence-electron chi connectivity index (χ3n) is 1.34. The third-order valence-corrected chi connectivity index (χ3v) is 1.34. The molecule has 0 bridgehead atoms. The summed E-state index contributed by atoms with van der Waals surface area (Å²) in [6, 6.07) is 0. The Morgan fingerprint density at radius 3 is 2.74 bits per heavy atom. The topological polar surface area (TPSA) is 204 Å². The summed E-state index contributed by atoms with van der Waals surface area (Å²) in [5, 5.41) is 35.5. The van der Waals surface area contributed by atoms with E-state index in [1.54, 1.807) is 0 Å².